The number of halogens is 4. The smallest absolute Gasteiger partial charge is 0.128 e. The first kappa shape index (κ1) is 15.1. The molecule has 1 atom stereocenters. The zero-order valence-electron chi connectivity index (χ0n) is 11.0. The Morgan fingerprint density at radius 3 is 2.25 bits per heavy atom. The molecule has 106 valence electrons. The Balaban J connectivity index is 2.58. The molecule has 0 saturated heterocycles. The average Bonchev–Trinajstić information content (AvgIpc) is 2.40. The maximum atomic E-state index is 14.0. The van der Waals surface area contributed by atoms with E-state index in [1.165, 1.54) is 13.0 Å². The second-order valence-corrected chi connectivity index (χ2v) is 5.43. The van der Waals surface area contributed by atoms with Gasteiger partial charge in [-0.25, -0.2) is 13.2 Å². The molecule has 2 aromatic carbocycles. The van der Waals surface area contributed by atoms with Crippen LogP contribution in [0.2, 0.25) is 0 Å². The fourth-order valence-electron chi connectivity index (χ4n) is 2.10. The molecule has 0 aliphatic heterocycles. The quantitative estimate of drug-likeness (QED) is 0.866. The maximum Gasteiger partial charge on any atom is 0.128 e. The predicted octanol–water partition coefficient (Wildman–Crippen LogP) is 4.48. The Kier molecular flexibility index (Phi) is 4.50. The fraction of sp³-hybridized carbons (Fsp3) is 0.200. The lowest BCUT2D eigenvalue weighted by Crippen LogP contribution is -2.20. The van der Waals surface area contributed by atoms with Gasteiger partial charge in [-0.2, -0.15) is 0 Å². The third kappa shape index (κ3) is 2.88. The molecule has 0 fully saturated rings. The van der Waals surface area contributed by atoms with Gasteiger partial charge < -0.3 is 5.32 Å². The Labute approximate surface area is 123 Å². The van der Waals surface area contributed by atoms with E-state index in [0.29, 0.717) is 4.47 Å². The molecule has 5 heteroatoms. The highest BCUT2D eigenvalue weighted by Crippen LogP contribution is 2.29. The van der Waals surface area contributed by atoms with E-state index < -0.39 is 23.5 Å². The van der Waals surface area contributed by atoms with Crippen LogP contribution < -0.4 is 5.32 Å². The first-order valence-electron chi connectivity index (χ1n) is 6.01. The molecule has 1 nitrogen and oxygen atoms in total. The molecule has 0 aliphatic carbocycles. The molecule has 1 unspecified atom stereocenters. The SMILES string of the molecule is CNC(c1cc(Br)ccc1F)c1cc(F)c(C)cc1F. The Morgan fingerprint density at radius 2 is 1.60 bits per heavy atom. The van der Waals surface area contributed by atoms with E-state index >= 15 is 0 Å². The zero-order chi connectivity index (χ0) is 14.9. The molecular weight excluding hydrogens is 331 g/mol. The summed E-state index contributed by atoms with van der Waals surface area (Å²) in [6.45, 7) is 1.48. The van der Waals surface area contributed by atoms with Crippen molar-refractivity contribution in [3.63, 3.8) is 0 Å². The highest BCUT2D eigenvalue weighted by Gasteiger charge is 2.21. The number of benzene rings is 2. The third-order valence-corrected chi connectivity index (χ3v) is 3.64. The van der Waals surface area contributed by atoms with Gasteiger partial charge in [-0.15, -0.1) is 0 Å². The Bertz CT molecular complexity index is 643. The molecule has 20 heavy (non-hydrogen) atoms. The van der Waals surface area contributed by atoms with Crippen LogP contribution in [0.15, 0.2) is 34.8 Å². The van der Waals surface area contributed by atoms with Crippen molar-refractivity contribution in [1.82, 2.24) is 5.32 Å². The minimum Gasteiger partial charge on any atom is -0.309 e. The molecule has 2 rings (SSSR count). The van der Waals surface area contributed by atoms with Crippen LogP contribution in [0.5, 0.6) is 0 Å². The van der Waals surface area contributed by atoms with Crippen LogP contribution in [0.4, 0.5) is 13.2 Å². The van der Waals surface area contributed by atoms with Crippen molar-refractivity contribution in [1.29, 1.82) is 0 Å². The van der Waals surface area contributed by atoms with Crippen molar-refractivity contribution in [2.24, 2.45) is 0 Å². The summed E-state index contributed by atoms with van der Waals surface area (Å²) in [7, 11) is 1.57. The highest BCUT2D eigenvalue weighted by molar-refractivity contribution is 9.10. The number of rotatable bonds is 3. The lowest BCUT2D eigenvalue weighted by atomic mass is 9.96. The molecule has 0 bridgehead atoms. The van der Waals surface area contributed by atoms with Gasteiger partial charge in [0.1, 0.15) is 17.5 Å². The maximum absolute atomic E-state index is 14.0. The van der Waals surface area contributed by atoms with Crippen molar-refractivity contribution < 1.29 is 13.2 Å². The minimum absolute atomic E-state index is 0.0765. The van der Waals surface area contributed by atoms with Crippen molar-refractivity contribution in [2.75, 3.05) is 7.05 Å². The van der Waals surface area contributed by atoms with E-state index in [9.17, 15) is 13.2 Å². The molecule has 0 heterocycles. The van der Waals surface area contributed by atoms with Gasteiger partial charge in [0.25, 0.3) is 0 Å². The zero-order valence-corrected chi connectivity index (χ0v) is 12.6. The van der Waals surface area contributed by atoms with Gasteiger partial charge in [0.05, 0.1) is 6.04 Å². The fourth-order valence-corrected chi connectivity index (χ4v) is 2.48. The van der Waals surface area contributed by atoms with E-state index in [4.69, 9.17) is 0 Å². The van der Waals surface area contributed by atoms with Crippen LogP contribution in [-0.4, -0.2) is 7.05 Å². The summed E-state index contributed by atoms with van der Waals surface area (Å²) in [6.07, 6.45) is 0. The number of aryl methyl sites for hydroxylation is 1. The van der Waals surface area contributed by atoms with Crippen LogP contribution in [0.25, 0.3) is 0 Å². The Morgan fingerprint density at radius 1 is 0.950 bits per heavy atom. The lowest BCUT2D eigenvalue weighted by molar-refractivity contribution is 0.534. The second kappa shape index (κ2) is 5.97. The molecule has 0 radical (unpaired) electrons. The van der Waals surface area contributed by atoms with Crippen LogP contribution >= 0.6 is 15.9 Å². The van der Waals surface area contributed by atoms with E-state index in [1.807, 2.05) is 0 Å². The van der Waals surface area contributed by atoms with Gasteiger partial charge in [0.2, 0.25) is 0 Å². The summed E-state index contributed by atoms with van der Waals surface area (Å²) in [5, 5.41) is 2.82. The third-order valence-electron chi connectivity index (χ3n) is 3.15. The summed E-state index contributed by atoms with van der Waals surface area (Å²) in [6, 6.07) is 5.84. The number of hydrogen-bond acceptors (Lipinski definition) is 1. The summed E-state index contributed by atoms with van der Waals surface area (Å²) in [4.78, 5) is 0. The predicted molar refractivity (Wildman–Crippen MR) is 76.1 cm³/mol. The van der Waals surface area contributed by atoms with Crippen LogP contribution in [0.1, 0.15) is 22.7 Å². The largest absolute Gasteiger partial charge is 0.309 e. The van der Waals surface area contributed by atoms with E-state index in [2.05, 4.69) is 21.2 Å². The summed E-state index contributed by atoms with van der Waals surface area (Å²) in [5.74, 6) is -1.56. The normalized spacial score (nSPS) is 12.5. The van der Waals surface area contributed by atoms with Gasteiger partial charge in [0.15, 0.2) is 0 Å². The first-order valence-corrected chi connectivity index (χ1v) is 6.81. The van der Waals surface area contributed by atoms with Crippen LogP contribution in [0, 0.1) is 24.4 Å². The molecule has 0 saturated carbocycles. The molecule has 0 aliphatic rings. The van der Waals surface area contributed by atoms with Crippen LogP contribution in [-0.2, 0) is 0 Å². The van der Waals surface area contributed by atoms with Crippen molar-refractivity contribution in [2.45, 2.75) is 13.0 Å². The summed E-state index contributed by atoms with van der Waals surface area (Å²) in [5.41, 5.74) is 0.549. The highest BCUT2D eigenvalue weighted by atomic mass is 79.9. The lowest BCUT2D eigenvalue weighted by Gasteiger charge is -2.19. The molecule has 2 aromatic rings. The number of hydrogen-bond donors (Lipinski definition) is 1. The molecule has 0 spiro atoms. The van der Waals surface area contributed by atoms with Crippen molar-refractivity contribution >= 4 is 15.9 Å². The average molecular weight is 344 g/mol. The minimum atomic E-state index is -0.761. The second-order valence-electron chi connectivity index (χ2n) is 4.51. The monoisotopic (exact) mass is 343 g/mol. The van der Waals surface area contributed by atoms with Crippen LogP contribution in [0.3, 0.4) is 0 Å². The standard InChI is InChI=1S/C15H13BrF3N/c1-8-5-14(19)11(7-13(8)18)15(20-2)10-6-9(16)3-4-12(10)17/h3-7,15,20H,1-2H3. The van der Waals surface area contributed by atoms with E-state index in [0.717, 1.165) is 12.1 Å². The van der Waals surface area contributed by atoms with Gasteiger partial charge in [-0.05, 0) is 49.9 Å². The van der Waals surface area contributed by atoms with Gasteiger partial charge in [-0.1, -0.05) is 15.9 Å². The van der Waals surface area contributed by atoms with Gasteiger partial charge >= 0.3 is 0 Å². The van der Waals surface area contributed by atoms with E-state index in [1.54, 1.807) is 19.2 Å². The van der Waals surface area contributed by atoms with Crippen molar-refractivity contribution in [3.05, 3.63) is 68.9 Å². The first-order chi connectivity index (χ1) is 9.43. The molecule has 0 aromatic heterocycles. The Hall–Kier alpha value is -1.33. The number of nitrogens with one attached hydrogen (secondary N) is 1. The topological polar surface area (TPSA) is 12.0 Å². The summed E-state index contributed by atoms with van der Waals surface area (Å²) < 4.78 is 42.3. The molecule has 0 amide bonds. The van der Waals surface area contributed by atoms with Crippen molar-refractivity contribution in [3.8, 4) is 0 Å². The molecular formula is C15H13BrF3N. The van der Waals surface area contributed by atoms with E-state index in [-0.39, 0.29) is 16.7 Å². The summed E-state index contributed by atoms with van der Waals surface area (Å²) >= 11 is 3.25. The van der Waals surface area contributed by atoms with Gasteiger partial charge in [-0.3, -0.25) is 0 Å². The van der Waals surface area contributed by atoms with Gasteiger partial charge in [0, 0.05) is 15.6 Å². The molecule has 1 N–H and O–H groups in total.